The molecule has 2 atom stereocenters. The molecule has 2 rings (SSSR count). The van der Waals surface area contributed by atoms with Gasteiger partial charge in [0.2, 0.25) is 5.91 Å². The quantitative estimate of drug-likeness (QED) is 0.802. The Hall–Kier alpha value is -1.79. The molecule has 6 heteroatoms. The number of carbonyl (C=O) groups excluding carboxylic acids is 1. The van der Waals surface area contributed by atoms with Crippen LogP contribution in [0.1, 0.15) is 5.56 Å². The van der Waals surface area contributed by atoms with Crippen LogP contribution in [0.4, 0.5) is 0 Å². The van der Waals surface area contributed by atoms with Gasteiger partial charge in [0.15, 0.2) is 11.5 Å². The second kappa shape index (κ2) is 6.78. The Labute approximate surface area is 124 Å². The molecule has 0 aliphatic carbocycles. The Balaban J connectivity index is 2.05. The van der Waals surface area contributed by atoms with Gasteiger partial charge < -0.3 is 24.8 Å². The summed E-state index contributed by atoms with van der Waals surface area (Å²) >= 11 is 0. The van der Waals surface area contributed by atoms with Gasteiger partial charge in [0.1, 0.15) is 0 Å². The summed E-state index contributed by atoms with van der Waals surface area (Å²) in [5, 5.41) is 12.9. The Kier molecular flexibility index (Phi) is 5.03. The molecule has 1 amide bonds. The number of nitrogens with zero attached hydrogens (tertiary/aromatic N) is 1. The molecule has 1 aromatic carbocycles. The Morgan fingerprint density at radius 2 is 2.05 bits per heavy atom. The molecule has 0 saturated carbocycles. The zero-order chi connectivity index (χ0) is 15.4. The van der Waals surface area contributed by atoms with Crippen LogP contribution in [0.5, 0.6) is 11.5 Å². The average Bonchev–Trinajstić information content (AvgIpc) is 2.92. The molecule has 0 spiro atoms. The van der Waals surface area contributed by atoms with E-state index in [1.54, 1.807) is 38.3 Å². The van der Waals surface area contributed by atoms with Gasteiger partial charge in [-0.2, -0.15) is 0 Å². The number of hydrogen-bond donors (Lipinski definition) is 2. The zero-order valence-electron chi connectivity index (χ0n) is 12.6. The number of rotatable bonds is 5. The number of β-amino-alcohol motifs (C(OH)–C–C–N with tert-alkyl or cyclic N) is 1. The molecule has 1 aliphatic heterocycles. The van der Waals surface area contributed by atoms with Gasteiger partial charge >= 0.3 is 0 Å². The number of amides is 1. The third-order valence-corrected chi connectivity index (χ3v) is 3.85. The molecule has 116 valence electrons. The number of aliphatic hydroxyl groups excluding tert-OH is 1. The van der Waals surface area contributed by atoms with Crippen molar-refractivity contribution >= 4 is 5.91 Å². The van der Waals surface area contributed by atoms with Crippen LogP contribution in [0.3, 0.4) is 0 Å². The molecule has 1 fully saturated rings. The van der Waals surface area contributed by atoms with Crippen molar-refractivity contribution < 1.29 is 19.4 Å². The van der Waals surface area contributed by atoms with Gasteiger partial charge in [-0.05, 0) is 17.7 Å². The highest BCUT2D eigenvalue weighted by Crippen LogP contribution is 2.27. The van der Waals surface area contributed by atoms with E-state index in [0.717, 1.165) is 5.56 Å². The first-order chi connectivity index (χ1) is 10.1. The van der Waals surface area contributed by atoms with Crippen molar-refractivity contribution in [2.24, 2.45) is 0 Å². The minimum atomic E-state index is -0.510. The topological polar surface area (TPSA) is 71.0 Å². The molecule has 21 heavy (non-hydrogen) atoms. The van der Waals surface area contributed by atoms with E-state index in [-0.39, 0.29) is 18.4 Å². The van der Waals surface area contributed by atoms with Gasteiger partial charge in [0.25, 0.3) is 0 Å². The number of carbonyl (C=O) groups is 1. The maximum absolute atomic E-state index is 12.3. The Morgan fingerprint density at radius 3 is 2.62 bits per heavy atom. The second-order valence-corrected chi connectivity index (χ2v) is 5.16. The Morgan fingerprint density at radius 1 is 1.33 bits per heavy atom. The molecule has 1 aliphatic rings. The highest BCUT2D eigenvalue weighted by molar-refractivity contribution is 5.79. The summed E-state index contributed by atoms with van der Waals surface area (Å²) < 4.78 is 10.4. The van der Waals surface area contributed by atoms with Crippen molar-refractivity contribution in [2.75, 3.05) is 34.4 Å². The smallest absolute Gasteiger partial charge is 0.227 e. The van der Waals surface area contributed by atoms with Crippen LogP contribution in [-0.4, -0.2) is 62.4 Å². The maximum atomic E-state index is 12.3. The average molecular weight is 294 g/mol. The van der Waals surface area contributed by atoms with E-state index in [0.29, 0.717) is 24.6 Å². The van der Waals surface area contributed by atoms with Crippen LogP contribution in [0.2, 0.25) is 0 Å². The van der Waals surface area contributed by atoms with Gasteiger partial charge in [0, 0.05) is 20.1 Å². The molecule has 0 bridgehead atoms. The molecule has 1 aromatic rings. The largest absolute Gasteiger partial charge is 0.493 e. The predicted octanol–water partition coefficient (Wildman–Crippen LogP) is 0.0374. The lowest BCUT2D eigenvalue weighted by Crippen LogP contribution is -2.44. The fourth-order valence-electron chi connectivity index (χ4n) is 2.52. The van der Waals surface area contributed by atoms with Crippen LogP contribution in [0.15, 0.2) is 18.2 Å². The van der Waals surface area contributed by atoms with Crippen molar-refractivity contribution in [3.05, 3.63) is 23.8 Å². The molecule has 0 aromatic heterocycles. The third kappa shape index (κ3) is 3.46. The number of hydrogen-bond acceptors (Lipinski definition) is 5. The van der Waals surface area contributed by atoms with Crippen LogP contribution >= 0.6 is 0 Å². The highest BCUT2D eigenvalue weighted by atomic mass is 16.5. The van der Waals surface area contributed by atoms with Crippen molar-refractivity contribution in [3.63, 3.8) is 0 Å². The summed E-state index contributed by atoms with van der Waals surface area (Å²) in [6.45, 7) is 1.15. The van der Waals surface area contributed by atoms with E-state index in [4.69, 9.17) is 9.47 Å². The molecular weight excluding hydrogens is 272 g/mol. The number of likely N-dealkylation sites (N-methyl/N-ethyl adjacent to an activating group) is 1. The van der Waals surface area contributed by atoms with E-state index in [1.807, 2.05) is 6.07 Å². The van der Waals surface area contributed by atoms with Gasteiger partial charge in [0.05, 0.1) is 32.8 Å². The van der Waals surface area contributed by atoms with Gasteiger partial charge in [-0.1, -0.05) is 6.07 Å². The first-order valence-electron chi connectivity index (χ1n) is 6.92. The summed E-state index contributed by atoms with van der Waals surface area (Å²) in [5.41, 5.74) is 0.852. The van der Waals surface area contributed by atoms with Crippen LogP contribution in [0.25, 0.3) is 0 Å². The monoisotopic (exact) mass is 294 g/mol. The molecule has 2 N–H and O–H groups in total. The van der Waals surface area contributed by atoms with Gasteiger partial charge in [-0.3, -0.25) is 4.79 Å². The van der Waals surface area contributed by atoms with Crippen molar-refractivity contribution in [1.29, 1.82) is 0 Å². The lowest BCUT2D eigenvalue weighted by atomic mass is 10.1. The predicted molar refractivity (Wildman–Crippen MR) is 78.7 cm³/mol. The molecular formula is C15H22N2O4. The number of nitrogens with one attached hydrogen (secondary N) is 1. The van der Waals surface area contributed by atoms with Gasteiger partial charge in [-0.25, -0.2) is 0 Å². The highest BCUT2D eigenvalue weighted by Gasteiger charge is 2.31. The van der Waals surface area contributed by atoms with E-state index in [1.165, 1.54) is 0 Å². The van der Waals surface area contributed by atoms with E-state index >= 15 is 0 Å². The second-order valence-electron chi connectivity index (χ2n) is 5.16. The molecule has 6 nitrogen and oxygen atoms in total. The number of aliphatic hydroxyl groups is 1. The summed E-state index contributed by atoms with van der Waals surface area (Å²) in [5.74, 6) is 1.21. The maximum Gasteiger partial charge on any atom is 0.227 e. The van der Waals surface area contributed by atoms with E-state index < -0.39 is 6.10 Å². The fourth-order valence-corrected chi connectivity index (χ4v) is 2.52. The van der Waals surface area contributed by atoms with Crippen LogP contribution < -0.4 is 14.8 Å². The minimum Gasteiger partial charge on any atom is -0.493 e. The lowest BCUT2D eigenvalue weighted by molar-refractivity contribution is -0.132. The lowest BCUT2D eigenvalue weighted by Gasteiger charge is -2.26. The molecule has 1 heterocycles. The number of ether oxygens (including phenoxy) is 2. The SMILES string of the molecule is COc1ccc(CC(=O)N(C)[C@H]2CNC[C@@H]2O)cc1OC. The molecule has 0 unspecified atom stereocenters. The number of benzene rings is 1. The van der Waals surface area contributed by atoms with Crippen molar-refractivity contribution in [2.45, 2.75) is 18.6 Å². The first-order valence-corrected chi connectivity index (χ1v) is 6.92. The number of methoxy groups -OCH3 is 2. The zero-order valence-corrected chi connectivity index (χ0v) is 12.6. The fraction of sp³-hybridized carbons (Fsp3) is 0.533. The summed E-state index contributed by atoms with van der Waals surface area (Å²) in [7, 11) is 4.87. The van der Waals surface area contributed by atoms with E-state index in [2.05, 4.69) is 5.32 Å². The van der Waals surface area contributed by atoms with Crippen LogP contribution in [0, 0.1) is 0 Å². The first kappa shape index (κ1) is 15.6. The normalized spacial score (nSPS) is 21.1. The van der Waals surface area contributed by atoms with Crippen molar-refractivity contribution in [1.82, 2.24) is 10.2 Å². The van der Waals surface area contributed by atoms with E-state index in [9.17, 15) is 9.90 Å². The minimum absolute atomic E-state index is 0.0324. The van der Waals surface area contributed by atoms with Crippen molar-refractivity contribution in [3.8, 4) is 11.5 Å². The summed E-state index contributed by atoms with van der Waals surface area (Å²) in [6.07, 6.45) is -0.246. The third-order valence-electron chi connectivity index (χ3n) is 3.85. The molecule has 0 radical (unpaired) electrons. The standard InChI is InChI=1S/C15H22N2O4/c1-17(11-8-16-9-12(11)18)15(19)7-10-4-5-13(20-2)14(6-10)21-3/h4-6,11-12,16,18H,7-9H2,1-3H3/t11-,12-/m0/s1. The Bertz CT molecular complexity index is 506. The summed E-state index contributed by atoms with van der Waals surface area (Å²) in [6, 6.07) is 5.26. The van der Waals surface area contributed by atoms with Gasteiger partial charge in [-0.15, -0.1) is 0 Å². The summed E-state index contributed by atoms with van der Waals surface area (Å²) in [4.78, 5) is 13.9. The molecule has 1 saturated heterocycles. The van der Waals surface area contributed by atoms with Crippen LogP contribution in [-0.2, 0) is 11.2 Å².